The van der Waals surface area contributed by atoms with E-state index in [9.17, 15) is 28.1 Å². The summed E-state index contributed by atoms with van der Waals surface area (Å²) in [6.45, 7) is 5.27. The number of methoxy groups -OCH3 is 1. The predicted octanol–water partition coefficient (Wildman–Crippen LogP) is 2.50. The van der Waals surface area contributed by atoms with E-state index in [1.807, 2.05) is 0 Å². The number of amides is 1. The lowest BCUT2D eigenvalue weighted by molar-refractivity contribution is -0.387. The molecule has 0 bridgehead atoms. The number of hydrogen-bond donors (Lipinski definition) is 2. The van der Waals surface area contributed by atoms with Crippen molar-refractivity contribution in [2.24, 2.45) is 5.92 Å². The second-order valence-electron chi connectivity index (χ2n) is 8.60. The fourth-order valence-electron chi connectivity index (χ4n) is 3.60. The van der Waals surface area contributed by atoms with Crippen LogP contribution in [0.3, 0.4) is 0 Å². The van der Waals surface area contributed by atoms with Crippen LogP contribution in [0.4, 0.5) is 10.5 Å². The normalized spacial score (nSPS) is 20.1. The van der Waals surface area contributed by atoms with Gasteiger partial charge in [0.1, 0.15) is 11.6 Å². The highest BCUT2D eigenvalue weighted by molar-refractivity contribution is 7.89. The Morgan fingerprint density at radius 1 is 1.16 bits per heavy atom. The first-order valence-corrected chi connectivity index (χ1v) is 11.7. The van der Waals surface area contributed by atoms with Crippen molar-refractivity contribution in [3.8, 4) is 0 Å². The van der Waals surface area contributed by atoms with Crippen LogP contribution in [0.25, 0.3) is 0 Å². The molecule has 1 aliphatic carbocycles. The van der Waals surface area contributed by atoms with Crippen molar-refractivity contribution in [3.05, 3.63) is 34.4 Å². The van der Waals surface area contributed by atoms with E-state index in [-0.39, 0.29) is 6.04 Å². The van der Waals surface area contributed by atoms with Gasteiger partial charge >= 0.3 is 12.1 Å². The zero-order valence-corrected chi connectivity index (χ0v) is 19.3. The van der Waals surface area contributed by atoms with Crippen molar-refractivity contribution in [1.29, 1.82) is 0 Å². The predicted molar refractivity (Wildman–Crippen MR) is 114 cm³/mol. The molecule has 1 aromatic carbocycles. The smallest absolute Gasteiger partial charge is 0.407 e. The van der Waals surface area contributed by atoms with Crippen LogP contribution in [0, 0.1) is 16.0 Å². The molecular formula is C20H29N3O8S. The lowest BCUT2D eigenvalue weighted by atomic mass is 9.82. The summed E-state index contributed by atoms with van der Waals surface area (Å²) >= 11 is 0. The van der Waals surface area contributed by atoms with Crippen LogP contribution in [0.2, 0.25) is 0 Å². The maximum absolute atomic E-state index is 12.9. The van der Waals surface area contributed by atoms with E-state index in [4.69, 9.17) is 9.47 Å². The Morgan fingerprint density at radius 2 is 1.75 bits per heavy atom. The Kier molecular flexibility index (Phi) is 8.18. The standard InChI is InChI=1S/C20H29N3O8S/c1-20(2,3)31-19(25)21-14-11-9-13(10-12-14)17(18(24)30-4)22-32(28,29)16-8-6-5-7-15(16)23(26)27/h5-8,13-14,17,22H,9-12H2,1-4H3,(H,21,25)/t13?,14?,17-/m1/s1. The summed E-state index contributed by atoms with van der Waals surface area (Å²) in [6.07, 6.45) is 1.33. The second kappa shape index (κ2) is 10.3. The van der Waals surface area contributed by atoms with E-state index < -0.39 is 55.2 Å². The van der Waals surface area contributed by atoms with Gasteiger partial charge in [0.25, 0.3) is 5.69 Å². The molecule has 178 valence electrons. The molecule has 0 aromatic heterocycles. The minimum atomic E-state index is -4.37. The molecule has 12 heteroatoms. The Bertz CT molecular complexity index is 950. The molecule has 32 heavy (non-hydrogen) atoms. The molecule has 2 N–H and O–H groups in total. The molecular weight excluding hydrogens is 442 g/mol. The van der Waals surface area contributed by atoms with Crippen LogP contribution in [0.15, 0.2) is 29.2 Å². The zero-order valence-electron chi connectivity index (χ0n) is 18.5. The van der Waals surface area contributed by atoms with Gasteiger partial charge in [-0.15, -0.1) is 0 Å². The Labute approximate surface area is 187 Å². The molecule has 1 aromatic rings. The average Bonchev–Trinajstić information content (AvgIpc) is 2.70. The summed E-state index contributed by atoms with van der Waals surface area (Å²) in [5.41, 5.74) is -1.22. The first kappa shape index (κ1) is 25.5. The lowest BCUT2D eigenvalue weighted by Gasteiger charge is -2.33. The number of nitro benzene ring substituents is 1. The number of nitrogens with zero attached hydrogens (tertiary/aromatic N) is 1. The van der Waals surface area contributed by atoms with Crippen LogP contribution in [0.1, 0.15) is 46.5 Å². The number of sulfonamides is 1. The molecule has 11 nitrogen and oxygen atoms in total. The van der Waals surface area contributed by atoms with Gasteiger partial charge in [-0.05, 0) is 58.4 Å². The Morgan fingerprint density at radius 3 is 2.28 bits per heavy atom. The second-order valence-corrected chi connectivity index (χ2v) is 10.3. The van der Waals surface area contributed by atoms with Crippen LogP contribution in [-0.4, -0.2) is 50.2 Å². The third-order valence-electron chi connectivity index (χ3n) is 5.05. The van der Waals surface area contributed by atoms with Crippen LogP contribution in [-0.2, 0) is 24.3 Å². The van der Waals surface area contributed by atoms with E-state index in [1.54, 1.807) is 20.8 Å². The first-order chi connectivity index (χ1) is 14.8. The van der Waals surface area contributed by atoms with E-state index >= 15 is 0 Å². The number of alkyl carbamates (subject to hydrolysis) is 1. The van der Waals surface area contributed by atoms with Crippen molar-refractivity contribution in [2.75, 3.05) is 7.11 Å². The topological polar surface area (TPSA) is 154 Å². The summed E-state index contributed by atoms with van der Waals surface area (Å²) in [5.74, 6) is -1.19. The highest BCUT2D eigenvalue weighted by atomic mass is 32.2. The van der Waals surface area contributed by atoms with Gasteiger partial charge in [-0.1, -0.05) is 12.1 Å². The van der Waals surface area contributed by atoms with Gasteiger partial charge in [0.15, 0.2) is 4.90 Å². The average molecular weight is 472 g/mol. The minimum absolute atomic E-state index is 0.175. The largest absolute Gasteiger partial charge is 0.468 e. The van der Waals surface area contributed by atoms with Gasteiger partial charge in [-0.2, -0.15) is 4.72 Å². The van der Waals surface area contributed by atoms with Crippen LogP contribution >= 0.6 is 0 Å². The summed E-state index contributed by atoms with van der Waals surface area (Å²) in [5, 5.41) is 14.0. The van der Waals surface area contributed by atoms with Gasteiger partial charge in [0, 0.05) is 12.1 Å². The molecule has 0 saturated heterocycles. The summed E-state index contributed by atoms with van der Waals surface area (Å²) in [6, 6.07) is 3.51. The number of nitro groups is 1. The van der Waals surface area contributed by atoms with Gasteiger partial charge in [-0.3, -0.25) is 14.9 Å². The molecule has 0 aliphatic heterocycles. The van der Waals surface area contributed by atoms with Crippen LogP contribution < -0.4 is 10.0 Å². The number of carbonyl (C=O) groups excluding carboxylic acids is 2. The highest BCUT2D eigenvalue weighted by Crippen LogP contribution is 2.30. The molecule has 1 amide bonds. The summed E-state index contributed by atoms with van der Waals surface area (Å²) in [7, 11) is -3.23. The quantitative estimate of drug-likeness (QED) is 0.349. The number of benzene rings is 1. The minimum Gasteiger partial charge on any atom is -0.468 e. The molecule has 0 unspecified atom stereocenters. The third kappa shape index (κ3) is 6.89. The van der Waals surface area contributed by atoms with Crippen molar-refractivity contribution in [2.45, 2.75) is 69.0 Å². The van der Waals surface area contributed by atoms with Gasteiger partial charge < -0.3 is 14.8 Å². The van der Waals surface area contributed by atoms with Gasteiger partial charge in [-0.25, -0.2) is 13.2 Å². The Hall–Kier alpha value is -2.73. The molecule has 1 fully saturated rings. The highest BCUT2D eigenvalue weighted by Gasteiger charge is 2.38. The number of ether oxygens (including phenoxy) is 2. The van der Waals surface area contributed by atoms with Crippen molar-refractivity contribution in [1.82, 2.24) is 10.0 Å². The van der Waals surface area contributed by atoms with Gasteiger partial charge in [0.05, 0.1) is 12.0 Å². The molecule has 2 rings (SSSR count). The first-order valence-electron chi connectivity index (χ1n) is 10.2. The maximum atomic E-state index is 12.9. The molecule has 1 atom stereocenters. The fraction of sp³-hybridized carbons (Fsp3) is 0.600. The molecule has 0 heterocycles. The number of rotatable bonds is 7. The number of hydrogen-bond acceptors (Lipinski definition) is 8. The number of para-hydroxylation sites is 1. The lowest BCUT2D eigenvalue weighted by Crippen LogP contribution is -2.49. The molecule has 0 spiro atoms. The number of carbonyl (C=O) groups is 2. The van der Waals surface area contributed by atoms with E-state index in [2.05, 4.69) is 10.0 Å². The van der Waals surface area contributed by atoms with E-state index in [1.165, 1.54) is 12.1 Å². The third-order valence-corrected chi connectivity index (χ3v) is 6.54. The zero-order chi connectivity index (χ0) is 24.1. The van der Waals surface area contributed by atoms with Crippen molar-refractivity contribution in [3.63, 3.8) is 0 Å². The number of esters is 1. The summed E-state index contributed by atoms with van der Waals surface area (Å²) < 4.78 is 38.1. The van der Waals surface area contributed by atoms with Gasteiger partial charge in [0.2, 0.25) is 10.0 Å². The maximum Gasteiger partial charge on any atom is 0.407 e. The number of nitrogens with one attached hydrogen (secondary N) is 2. The fourth-order valence-corrected chi connectivity index (χ4v) is 5.03. The SMILES string of the molecule is COC(=O)[C@H](NS(=O)(=O)c1ccccc1[N+](=O)[O-])C1CCC(NC(=O)OC(C)(C)C)CC1. The van der Waals surface area contributed by atoms with E-state index in [0.717, 1.165) is 19.2 Å². The van der Waals surface area contributed by atoms with Crippen LogP contribution in [0.5, 0.6) is 0 Å². The Balaban J connectivity index is 2.12. The van der Waals surface area contributed by atoms with E-state index in [0.29, 0.717) is 25.7 Å². The summed E-state index contributed by atoms with van der Waals surface area (Å²) in [4.78, 5) is 34.3. The molecule has 0 radical (unpaired) electrons. The van der Waals surface area contributed by atoms with Crippen molar-refractivity contribution >= 4 is 27.8 Å². The monoisotopic (exact) mass is 471 g/mol. The molecule has 1 saturated carbocycles. The van der Waals surface area contributed by atoms with Crippen molar-refractivity contribution < 1.29 is 32.4 Å². The molecule has 1 aliphatic rings.